The lowest BCUT2D eigenvalue weighted by atomic mass is 10.1. The Balaban J connectivity index is 1.58. The maximum atomic E-state index is 10.1. The molecule has 0 aliphatic carbocycles. The zero-order chi connectivity index (χ0) is 18.1. The van der Waals surface area contributed by atoms with Crippen molar-refractivity contribution in [1.29, 1.82) is 0 Å². The van der Waals surface area contributed by atoms with E-state index in [-0.39, 0.29) is 18.8 Å². The van der Waals surface area contributed by atoms with E-state index < -0.39 is 6.10 Å². The number of hydrogen-bond acceptors (Lipinski definition) is 10. The zero-order valence-electron chi connectivity index (χ0n) is 14.9. The first-order valence-corrected chi connectivity index (χ1v) is 9.06. The molecule has 1 unspecified atom stereocenters. The smallest absolute Gasteiger partial charge is 0.244 e. The average molecular weight is 366 g/mol. The third-order valence-electron chi connectivity index (χ3n) is 5.20. The van der Waals surface area contributed by atoms with E-state index in [2.05, 4.69) is 20.3 Å². The predicted octanol–water partition coefficient (Wildman–Crippen LogP) is -0.382. The second-order valence-electron chi connectivity index (χ2n) is 6.95. The van der Waals surface area contributed by atoms with Crippen molar-refractivity contribution in [2.75, 3.05) is 50.5 Å². The number of rotatable bonds is 5. The molecule has 4 rings (SSSR count). The zero-order valence-corrected chi connectivity index (χ0v) is 14.9. The Hall–Kier alpha value is -1.72. The lowest BCUT2D eigenvalue weighted by Crippen LogP contribution is -2.54. The molecule has 0 aromatic carbocycles. The summed E-state index contributed by atoms with van der Waals surface area (Å²) in [6, 6.07) is 0. The monoisotopic (exact) mass is 366 g/mol. The van der Waals surface area contributed by atoms with Gasteiger partial charge in [-0.15, -0.1) is 5.12 Å². The van der Waals surface area contributed by atoms with Crippen molar-refractivity contribution >= 4 is 11.5 Å². The van der Waals surface area contributed by atoms with Gasteiger partial charge in [0.25, 0.3) is 0 Å². The maximum Gasteiger partial charge on any atom is 0.244 e. The SMILES string of the molecule is COc1ncnc2c1NN(C1CCCCO1)N2CN1C[C@H](CO)[C@@H](O)C1. The highest BCUT2D eigenvalue weighted by Crippen LogP contribution is 2.39. The number of fused-ring (bicyclic) bond motifs is 1. The standard InChI is InChI=1S/C16H26N6O4/c1-25-16-14-15(17-9-18-16)21(10-20-6-11(8-23)12(24)7-20)22(19-14)13-4-2-3-5-26-13/h9,11-13,19,23-24H,2-8,10H2,1H3/t11-,12+,13?/m1/s1. The first-order chi connectivity index (χ1) is 12.7. The van der Waals surface area contributed by atoms with Gasteiger partial charge in [0, 0.05) is 32.2 Å². The summed E-state index contributed by atoms with van der Waals surface area (Å²) in [7, 11) is 1.58. The van der Waals surface area contributed by atoms with E-state index in [0.717, 1.165) is 25.9 Å². The van der Waals surface area contributed by atoms with Gasteiger partial charge in [0.05, 0.1) is 19.9 Å². The summed E-state index contributed by atoms with van der Waals surface area (Å²) in [4.78, 5) is 10.7. The van der Waals surface area contributed by atoms with Gasteiger partial charge in [-0.05, 0) is 19.3 Å². The van der Waals surface area contributed by atoms with Crippen molar-refractivity contribution in [2.45, 2.75) is 31.6 Å². The minimum Gasteiger partial charge on any atom is -0.479 e. The van der Waals surface area contributed by atoms with Crippen LogP contribution in [-0.2, 0) is 4.74 Å². The van der Waals surface area contributed by atoms with Gasteiger partial charge in [-0.1, -0.05) is 0 Å². The molecule has 0 spiro atoms. The Labute approximate surface area is 152 Å². The fourth-order valence-corrected chi connectivity index (χ4v) is 3.79. The molecule has 1 aromatic heterocycles. The highest BCUT2D eigenvalue weighted by atomic mass is 16.5. The van der Waals surface area contributed by atoms with E-state index in [4.69, 9.17) is 9.47 Å². The molecule has 0 saturated carbocycles. The number of methoxy groups -OCH3 is 1. The van der Waals surface area contributed by atoms with Gasteiger partial charge in [-0.2, -0.15) is 4.98 Å². The number of ether oxygens (including phenoxy) is 2. The molecule has 3 aliphatic heterocycles. The van der Waals surface area contributed by atoms with Gasteiger partial charge in [0.1, 0.15) is 12.6 Å². The van der Waals surface area contributed by atoms with Gasteiger partial charge in [0.2, 0.25) is 5.88 Å². The third kappa shape index (κ3) is 3.19. The van der Waals surface area contributed by atoms with E-state index in [0.29, 0.717) is 37.1 Å². The quantitative estimate of drug-likeness (QED) is 0.638. The Morgan fingerprint density at radius 2 is 2.23 bits per heavy atom. The summed E-state index contributed by atoms with van der Waals surface area (Å²) < 4.78 is 11.3. The maximum absolute atomic E-state index is 10.1. The molecule has 10 nitrogen and oxygen atoms in total. The minimum absolute atomic E-state index is 0.0159. The van der Waals surface area contributed by atoms with Gasteiger partial charge in [-0.25, -0.2) is 4.98 Å². The highest BCUT2D eigenvalue weighted by Gasteiger charge is 2.40. The molecular formula is C16H26N6O4. The van der Waals surface area contributed by atoms with Gasteiger partial charge in [0.15, 0.2) is 11.5 Å². The normalized spacial score (nSPS) is 29.7. The predicted molar refractivity (Wildman–Crippen MR) is 93.1 cm³/mol. The van der Waals surface area contributed by atoms with E-state index in [1.54, 1.807) is 7.11 Å². The van der Waals surface area contributed by atoms with Crippen LogP contribution in [0.2, 0.25) is 0 Å². The van der Waals surface area contributed by atoms with Crippen LogP contribution >= 0.6 is 0 Å². The van der Waals surface area contributed by atoms with Crippen molar-refractivity contribution in [1.82, 2.24) is 20.0 Å². The van der Waals surface area contributed by atoms with Crippen LogP contribution < -0.4 is 15.2 Å². The first kappa shape index (κ1) is 17.7. The fourth-order valence-electron chi connectivity index (χ4n) is 3.79. The molecule has 3 atom stereocenters. The lowest BCUT2D eigenvalue weighted by molar-refractivity contribution is -0.0806. The second kappa shape index (κ2) is 7.49. The van der Waals surface area contributed by atoms with Crippen LogP contribution in [0.5, 0.6) is 5.88 Å². The molecule has 10 heteroatoms. The molecule has 3 N–H and O–H groups in total. The Morgan fingerprint density at radius 1 is 1.35 bits per heavy atom. The fraction of sp³-hybridized carbons (Fsp3) is 0.750. The molecule has 0 radical (unpaired) electrons. The number of hydrogen-bond donors (Lipinski definition) is 3. The van der Waals surface area contributed by atoms with Crippen LogP contribution in [0.3, 0.4) is 0 Å². The topological polar surface area (TPSA) is 106 Å². The molecule has 0 amide bonds. The van der Waals surface area contributed by atoms with Crippen molar-refractivity contribution in [2.24, 2.45) is 5.92 Å². The summed E-state index contributed by atoms with van der Waals surface area (Å²) >= 11 is 0. The Kier molecular flexibility index (Phi) is 5.09. The highest BCUT2D eigenvalue weighted by molar-refractivity contribution is 5.73. The van der Waals surface area contributed by atoms with E-state index in [9.17, 15) is 10.2 Å². The summed E-state index contributed by atoms with van der Waals surface area (Å²) in [5.74, 6) is 1.07. The molecule has 4 heterocycles. The summed E-state index contributed by atoms with van der Waals surface area (Å²) in [5.41, 5.74) is 4.04. The first-order valence-electron chi connectivity index (χ1n) is 9.06. The van der Waals surface area contributed by atoms with Gasteiger partial charge < -0.3 is 19.7 Å². The van der Waals surface area contributed by atoms with Crippen LogP contribution in [0.15, 0.2) is 6.33 Å². The van der Waals surface area contributed by atoms with Crippen molar-refractivity contribution in [3.8, 4) is 5.88 Å². The summed E-state index contributed by atoms with van der Waals surface area (Å²) in [6.07, 6.45) is 3.93. The number of aliphatic hydroxyl groups excluding tert-OH is 2. The summed E-state index contributed by atoms with van der Waals surface area (Å²) in [5, 5.41) is 23.5. The number of anilines is 2. The number of nitrogens with one attached hydrogen (secondary N) is 1. The van der Waals surface area contributed by atoms with Crippen LogP contribution in [0.4, 0.5) is 11.5 Å². The second-order valence-corrected chi connectivity index (χ2v) is 6.95. The van der Waals surface area contributed by atoms with Crippen molar-refractivity contribution in [3.63, 3.8) is 0 Å². The van der Waals surface area contributed by atoms with Crippen LogP contribution in [-0.4, -0.2) is 82.6 Å². The third-order valence-corrected chi connectivity index (χ3v) is 5.20. The van der Waals surface area contributed by atoms with Crippen LogP contribution in [0.1, 0.15) is 19.3 Å². The molecular weight excluding hydrogens is 340 g/mol. The molecule has 2 fully saturated rings. The van der Waals surface area contributed by atoms with Crippen LogP contribution in [0, 0.1) is 5.92 Å². The number of hydrazine groups is 2. The lowest BCUT2D eigenvalue weighted by Gasteiger charge is -2.38. The largest absolute Gasteiger partial charge is 0.479 e. The van der Waals surface area contributed by atoms with Crippen LogP contribution in [0.25, 0.3) is 0 Å². The number of β-amino-alcohol motifs (C(OH)–C–C–N with tert-alkyl or cyclic N) is 1. The Morgan fingerprint density at radius 3 is 2.92 bits per heavy atom. The number of aromatic nitrogens is 2. The van der Waals surface area contributed by atoms with Crippen molar-refractivity contribution < 1.29 is 19.7 Å². The van der Waals surface area contributed by atoms with Crippen molar-refractivity contribution in [3.05, 3.63) is 6.33 Å². The number of likely N-dealkylation sites (tertiary alicyclic amines) is 1. The molecule has 144 valence electrons. The van der Waals surface area contributed by atoms with Gasteiger partial charge in [-0.3, -0.25) is 15.3 Å². The molecule has 26 heavy (non-hydrogen) atoms. The van der Waals surface area contributed by atoms with Gasteiger partial charge >= 0.3 is 0 Å². The minimum atomic E-state index is -0.519. The summed E-state index contributed by atoms with van der Waals surface area (Å²) in [6.45, 7) is 2.38. The van der Waals surface area contributed by atoms with E-state index in [1.165, 1.54) is 6.33 Å². The van der Waals surface area contributed by atoms with E-state index in [1.807, 2.05) is 10.1 Å². The number of aliphatic hydroxyl groups is 2. The molecule has 1 aromatic rings. The molecule has 3 aliphatic rings. The number of nitrogens with zero attached hydrogens (tertiary/aromatic N) is 5. The molecule has 2 saturated heterocycles. The Bertz CT molecular complexity index is 629. The average Bonchev–Trinajstić information content (AvgIpc) is 3.22. The van der Waals surface area contributed by atoms with E-state index >= 15 is 0 Å². The molecule has 0 bridgehead atoms.